The number of rotatable bonds is 12. The molecule has 6 atom stereocenters. The van der Waals surface area contributed by atoms with E-state index in [4.69, 9.17) is 5.11 Å². The van der Waals surface area contributed by atoms with E-state index >= 15 is 0 Å². The SMILES string of the molecule is CCCC[C@H](F)[C@H](O)C=C[C@@H]1[C@@H](CC=CCCCC(=O)O)[C@@H](O)C[C@H]1C. The molecule has 0 saturated heterocycles. The Bertz CT molecular complexity index is 463. The summed E-state index contributed by atoms with van der Waals surface area (Å²) in [5.41, 5.74) is 0. The number of allylic oxidation sites excluding steroid dienone is 3. The maximum absolute atomic E-state index is 13.9. The van der Waals surface area contributed by atoms with E-state index in [9.17, 15) is 19.4 Å². The average molecular weight is 371 g/mol. The first-order valence-electron chi connectivity index (χ1n) is 9.92. The Morgan fingerprint density at radius 1 is 1.31 bits per heavy atom. The molecule has 150 valence electrons. The van der Waals surface area contributed by atoms with E-state index in [-0.39, 0.29) is 24.2 Å². The quantitative estimate of drug-likeness (QED) is 0.354. The predicted molar refractivity (Wildman–Crippen MR) is 102 cm³/mol. The Kier molecular flexibility index (Phi) is 10.7. The van der Waals surface area contributed by atoms with Gasteiger partial charge in [-0.1, -0.05) is 51.0 Å². The Hall–Kier alpha value is -1.20. The van der Waals surface area contributed by atoms with Gasteiger partial charge in [0.25, 0.3) is 0 Å². The smallest absolute Gasteiger partial charge is 0.303 e. The van der Waals surface area contributed by atoms with Crippen LogP contribution in [0, 0.1) is 17.8 Å². The number of aliphatic carboxylic acids is 1. The molecular weight excluding hydrogens is 335 g/mol. The lowest BCUT2D eigenvalue weighted by atomic mass is 9.86. The van der Waals surface area contributed by atoms with Crippen molar-refractivity contribution in [2.24, 2.45) is 17.8 Å². The van der Waals surface area contributed by atoms with Gasteiger partial charge in [-0.15, -0.1) is 0 Å². The van der Waals surface area contributed by atoms with Crippen molar-refractivity contribution in [2.45, 2.75) is 83.6 Å². The zero-order valence-corrected chi connectivity index (χ0v) is 16.1. The second-order valence-electron chi connectivity index (χ2n) is 7.55. The molecule has 5 heteroatoms. The summed E-state index contributed by atoms with van der Waals surface area (Å²) in [6.07, 6.45) is 9.63. The van der Waals surface area contributed by atoms with Crippen molar-refractivity contribution in [1.29, 1.82) is 0 Å². The minimum absolute atomic E-state index is 0.0536. The van der Waals surface area contributed by atoms with Crippen molar-refractivity contribution in [1.82, 2.24) is 0 Å². The number of alkyl halides is 1. The number of aliphatic hydroxyl groups excluding tert-OH is 2. The summed E-state index contributed by atoms with van der Waals surface area (Å²) in [5, 5.41) is 28.9. The number of hydrogen-bond acceptors (Lipinski definition) is 3. The van der Waals surface area contributed by atoms with Gasteiger partial charge in [0, 0.05) is 6.42 Å². The lowest BCUT2D eigenvalue weighted by Crippen LogP contribution is -2.21. The second-order valence-corrected chi connectivity index (χ2v) is 7.55. The molecule has 1 saturated carbocycles. The molecule has 0 amide bonds. The normalized spacial score (nSPS) is 28.8. The van der Waals surface area contributed by atoms with Crippen LogP contribution >= 0.6 is 0 Å². The van der Waals surface area contributed by atoms with Crippen LogP contribution in [0.1, 0.15) is 65.2 Å². The number of carboxylic acids is 1. The molecule has 26 heavy (non-hydrogen) atoms. The van der Waals surface area contributed by atoms with Crippen LogP contribution in [0.15, 0.2) is 24.3 Å². The van der Waals surface area contributed by atoms with Gasteiger partial charge in [0.1, 0.15) is 12.3 Å². The zero-order chi connectivity index (χ0) is 19.5. The fourth-order valence-corrected chi connectivity index (χ4v) is 3.71. The van der Waals surface area contributed by atoms with E-state index < -0.39 is 24.3 Å². The third-order valence-corrected chi connectivity index (χ3v) is 5.33. The highest BCUT2D eigenvalue weighted by Gasteiger charge is 2.37. The third kappa shape index (κ3) is 8.00. The van der Waals surface area contributed by atoms with Gasteiger partial charge in [0.05, 0.1) is 6.10 Å². The van der Waals surface area contributed by atoms with Crippen molar-refractivity contribution in [3.8, 4) is 0 Å². The van der Waals surface area contributed by atoms with E-state index in [0.29, 0.717) is 32.1 Å². The Labute approximate surface area is 156 Å². The zero-order valence-electron chi connectivity index (χ0n) is 16.1. The lowest BCUT2D eigenvalue weighted by molar-refractivity contribution is -0.137. The molecule has 4 nitrogen and oxygen atoms in total. The maximum Gasteiger partial charge on any atom is 0.303 e. The molecule has 0 bridgehead atoms. The molecule has 0 radical (unpaired) electrons. The minimum atomic E-state index is -1.24. The maximum atomic E-state index is 13.9. The first-order valence-corrected chi connectivity index (χ1v) is 9.92. The molecule has 0 heterocycles. The Balaban J connectivity index is 2.54. The minimum Gasteiger partial charge on any atom is -0.481 e. The summed E-state index contributed by atoms with van der Waals surface area (Å²) in [5.74, 6) is -0.334. The molecular formula is C21H35FO4. The van der Waals surface area contributed by atoms with Gasteiger partial charge >= 0.3 is 5.97 Å². The lowest BCUT2D eigenvalue weighted by Gasteiger charge is -2.21. The van der Waals surface area contributed by atoms with Gasteiger partial charge in [-0.25, -0.2) is 4.39 Å². The highest BCUT2D eigenvalue weighted by molar-refractivity contribution is 5.66. The number of aliphatic hydroxyl groups is 2. The van der Waals surface area contributed by atoms with Gasteiger partial charge in [-0.3, -0.25) is 4.79 Å². The molecule has 0 aromatic heterocycles. The fraction of sp³-hybridized carbons (Fsp3) is 0.762. The highest BCUT2D eigenvalue weighted by Crippen LogP contribution is 2.40. The Morgan fingerprint density at radius 3 is 2.69 bits per heavy atom. The molecule has 1 aliphatic carbocycles. The van der Waals surface area contributed by atoms with Gasteiger partial charge < -0.3 is 15.3 Å². The topological polar surface area (TPSA) is 77.8 Å². The van der Waals surface area contributed by atoms with Crippen LogP contribution in [0.2, 0.25) is 0 Å². The van der Waals surface area contributed by atoms with Gasteiger partial charge in [-0.2, -0.15) is 0 Å². The number of carbonyl (C=O) groups is 1. The van der Waals surface area contributed by atoms with Crippen LogP contribution in [-0.2, 0) is 4.79 Å². The molecule has 1 rings (SSSR count). The van der Waals surface area contributed by atoms with Crippen molar-refractivity contribution in [3.05, 3.63) is 24.3 Å². The van der Waals surface area contributed by atoms with Crippen LogP contribution in [0.3, 0.4) is 0 Å². The van der Waals surface area contributed by atoms with Gasteiger partial charge in [0.15, 0.2) is 0 Å². The van der Waals surface area contributed by atoms with Crippen molar-refractivity contribution >= 4 is 5.97 Å². The fourth-order valence-electron chi connectivity index (χ4n) is 3.71. The molecule has 0 unspecified atom stereocenters. The van der Waals surface area contributed by atoms with E-state index in [1.54, 1.807) is 6.08 Å². The number of hydrogen-bond donors (Lipinski definition) is 3. The first kappa shape index (κ1) is 22.8. The largest absolute Gasteiger partial charge is 0.481 e. The molecule has 1 fully saturated rings. The van der Waals surface area contributed by atoms with Crippen LogP contribution in [0.25, 0.3) is 0 Å². The summed E-state index contributed by atoms with van der Waals surface area (Å²) in [7, 11) is 0. The predicted octanol–water partition coefficient (Wildman–Crippen LogP) is 4.27. The molecule has 0 aromatic rings. The average Bonchev–Trinajstić information content (AvgIpc) is 2.86. The Morgan fingerprint density at radius 2 is 2.04 bits per heavy atom. The van der Waals surface area contributed by atoms with Crippen LogP contribution < -0.4 is 0 Å². The molecule has 0 aliphatic heterocycles. The summed E-state index contributed by atoms with van der Waals surface area (Å²) in [4.78, 5) is 10.5. The molecule has 0 spiro atoms. The van der Waals surface area contributed by atoms with Gasteiger partial charge in [-0.05, 0) is 49.9 Å². The summed E-state index contributed by atoms with van der Waals surface area (Å²) in [6, 6.07) is 0. The van der Waals surface area contributed by atoms with Crippen molar-refractivity contribution in [2.75, 3.05) is 0 Å². The molecule has 3 N–H and O–H groups in total. The van der Waals surface area contributed by atoms with Gasteiger partial charge in [0.2, 0.25) is 0 Å². The van der Waals surface area contributed by atoms with E-state index in [1.165, 1.54) is 0 Å². The molecule has 1 aliphatic rings. The summed E-state index contributed by atoms with van der Waals surface area (Å²) in [6.45, 7) is 4.07. The van der Waals surface area contributed by atoms with Crippen LogP contribution in [-0.4, -0.2) is 39.7 Å². The van der Waals surface area contributed by atoms with Crippen molar-refractivity contribution in [3.63, 3.8) is 0 Å². The standard InChI is InChI=1S/C21H35FO4/c1-3-4-10-18(22)19(23)13-12-16-15(2)14-20(24)17(16)9-7-5-6-8-11-21(25)26/h5,7,12-13,15-20,23-24H,3-4,6,8-11,14H2,1-2H3,(H,25,26)/t15-,16+,17-,18+,19-,20+/m1/s1. The summed E-state index contributed by atoms with van der Waals surface area (Å²) >= 11 is 0. The van der Waals surface area contributed by atoms with E-state index in [2.05, 4.69) is 6.92 Å². The highest BCUT2D eigenvalue weighted by atomic mass is 19.1. The summed E-state index contributed by atoms with van der Waals surface area (Å²) < 4.78 is 13.9. The van der Waals surface area contributed by atoms with Crippen LogP contribution in [0.5, 0.6) is 0 Å². The third-order valence-electron chi connectivity index (χ3n) is 5.33. The van der Waals surface area contributed by atoms with E-state index in [1.807, 2.05) is 25.2 Å². The van der Waals surface area contributed by atoms with E-state index in [0.717, 1.165) is 12.8 Å². The first-order chi connectivity index (χ1) is 12.4. The number of carboxylic acid groups (broad SMARTS) is 1. The van der Waals surface area contributed by atoms with Crippen molar-refractivity contribution < 1.29 is 24.5 Å². The second kappa shape index (κ2) is 12.2. The molecule has 0 aromatic carbocycles. The number of unbranched alkanes of at least 4 members (excludes halogenated alkanes) is 2. The van der Waals surface area contributed by atoms with Crippen LogP contribution in [0.4, 0.5) is 4.39 Å². The monoisotopic (exact) mass is 370 g/mol. The number of halogens is 1.